The summed E-state index contributed by atoms with van der Waals surface area (Å²) in [5.41, 5.74) is 1.67. The van der Waals surface area contributed by atoms with Crippen LogP contribution in [0.5, 0.6) is 0 Å². The lowest BCUT2D eigenvalue weighted by Crippen LogP contribution is -2.34. The summed E-state index contributed by atoms with van der Waals surface area (Å²) in [6, 6.07) is 7.38. The van der Waals surface area contributed by atoms with Gasteiger partial charge in [-0.05, 0) is 50.1 Å². The van der Waals surface area contributed by atoms with Crippen LogP contribution in [0.4, 0.5) is 6.01 Å². The Kier molecular flexibility index (Phi) is 6.09. The molecular formula is C20H24N6O5S. The van der Waals surface area contributed by atoms with Crippen molar-refractivity contribution in [3.63, 3.8) is 0 Å². The highest BCUT2D eigenvalue weighted by Gasteiger charge is 2.26. The number of hydrogen-bond donors (Lipinski definition) is 1. The highest BCUT2D eigenvalue weighted by molar-refractivity contribution is 7.89. The van der Waals surface area contributed by atoms with Crippen LogP contribution in [-0.4, -0.2) is 64.9 Å². The maximum Gasteiger partial charge on any atom is 0.322 e. The Bertz CT molecular complexity index is 1210. The summed E-state index contributed by atoms with van der Waals surface area (Å²) >= 11 is 0. The van der Waals surface area contributed by atoms with Crippen LogP contribution in [0.25, 0.3) is 11.6 Å². The molecule has 1 aliphatic heterocycles. The van der Waals surface area contributed by atoms with Gasteiger partial charge < -0.3 is 9.15 Å². The Labute approximate surface area is 185 Å². The van der Waals surface area contributed by atoms with E-state index in [0.29, 0.717) is 18.8 Å². The molecular weight excluding hydrogens is 436 g/mol. The molecule has 1 fully saturated rings. The number of aryl methyl sites for hydroxylation is 2. The summed E-state index contributed by atoms with van der Waals surface area (Å²) in [6.07, 6.45) is 1.69. The van der Waals surface area contributed by atoms with Gasteiger partial charge in [0.1, 0.15) is 5.69 Å². The van der Waals surface area contributed by atoms with Gasteiger partial charge in [-0.3, -0.25) is 14.8 Å². The van der Waals surface area contributed by atoms with E-state index < -0.39 is 15.9 Å². The SMILES string of the molecule is Cc1cc(-c2nnc(NC(=O)c3ccc(S(=O)(=O)N(C)CC4CCCO4)cc3)o2)n(C)n1. The predicted octanol–water partition coefficient (Wildman–Crippen LogP) is 1.83. The van der Waals surface area contributed by atoms with Gasteiger partial charge in [-0.2, -0.15) is 9.40 Å². The van der Waals surface area contributed by atoms with Crippen molar-refractivity contribution >= 4 is 21.9 Å². The van der Waals surface area contributed by atoms with Crippen LogP contribution >= 0.6 is 0 Å². The molecule has 1 amide bonds. The summed E-state index contributed by atoms with van der Waals surface area (Å²) in [5, 5.41) is 14.5. The fourth-order valence-corrected chi connectivity index (χ4v) is 4.69. The summed E-state index contributed by atoms with van der Waals surface area (Å²) in [7, 11) is -0.414. The highest BCUT2D eigenvalue weighted by Crippen LogP contribution is 2.22. The molecule has 3 heterocycles. The van der Waals surface area contributed by atoms with Crippen molar-refractivity contribution in [1.82, 2.24) is 24.3 Å². The minimum absolute atomic E-state index is 0.0724. The topological polar surface area (TPSA) is 132 Å². The van der Waals surface area contributed by atoms with Crippen molar-refractivity contribution in [3.05, 3.63) is 41.6 Å². The number of rotatable bonds is 7. The van der Waals surface area contributed by atoms with Gasteiger partial charge in [-0.15, -0.1) is 5.10 Å². The van der Waals surface area contributed by atoms with Crippen LogP contribution in [0.3, 0.4) is 0 Å². The molecule has 170 valence electrons. The third kappa shape index (κ3) is 4.56. The van der Waals surface area contributed by atoms with E-state index in [1.807, 2.05) is 6.92 Å². The zero-order valence-corrected chi connectivity index (χ0v) is 18.8. The number of anilines is 1. The van der Waals surface area contributed by atoms with Crippen molar-refractivity contribution in [1.29, 1.82) is 0 Å². The number of nitrogens with one attached hydrogen (secondary N) is 1. The van der Waals surface area contributed by atoms with E-state index in [1.54, 1.807) is 17.8 Å². The number of likely N-dealkylation sites (N-methyl/N-ethyl adjacent to an activating group) is 1. The molecule has 2 aromatic heterocycles. The Hall–Kier alpha value is -3.09. The second-order valence-corrected chi connectivity index (χ2v) is 9.65. The molecule has 12 heteroatoms. The quantitative estimate of drug-likeness (QED) is 0.565. The zero-order chi connectivity index (χ0) is 22.9. The fraction of sp³-hybridized carbons (Fsp3) is 0.400. The molecule has 1 aromatic carbocycles. The van der Waals surface area contributed by atoms with Crippen molar-refractivity contribution in [2.24, 2.45) is 7.05 Å². The Balaban J connectivity index is 1.42. The highest BCUT2D eigenvalue weighted by atomic mass is 32.2. The zero-order valence-electron chi connectivity index (χ0n) is 18.0. The number of carbonyl (C=O) groups excluding carboxylic acids is 1. The Morgan fingerprint density at radius 1 is 1.28 bits per heavy atom. The van der Waals surface area contributed by atoms with Crippen molar-refractivity contribution < 1.29 is 22.4 Å². The number of ether oxygens (including phenoxy) is 1. The Morgan fingerprint density at radius 3 is 2.66 bits per heavy atom. The van der Waals surface area contributed by atoms with Gasteiger partial charge in [0.25, 0.3) is 11.8 Å². The molecule has 32 heavy (non-hydrogen) atoms. The molecule has 1 saturated heterocycles. The third-order valence-electron chi connectivity index (χ3n) is 5.18. The maximum absolute atomic E-state index is 12.8. The summed E-state index contributed by atoms with van der Waals surface area (Å²) in [4.78, 5) is 12.6. The molecule has 0 aliphatic carbocycles. The lowest BCUT2D eigenvalue weighted by atomic mass is 10.2. The number of amides is 1. The molecule has 0 bridgehead atoms. The van der Waals surface area contributed by atoms with Crippen LogP contribution < -0.4 is 5.32 Å². The second-order valence-electron chi connectivity index (χ2n) is 7.61. The molecule has 1 atom stereocenters. The number of hydrogen-bond acceptors (Lipinski definition) is 8. The van der Waals surface area contributed by atoms with Gasteiger partial charge in [-0.25, -0.2) is 8.42 Å². The van der Waals surface area contributed by atoms with Crippen LogP contribution in [0, 0.1) is 6.92 Å². The molecule has 0 spiro atoms. The smallest absolute Gasteiger partial charge is 0.322 e. The van der Waals surface area contributed by atoms with Crippen molar-refractivity contribution in [3.8, 4) is 11.6 Å². The summed E-state index contributed by atoms with van der Waals surface area (Å²) in [5.74, 6) is -0.280. The normalized spacial score (nSPS) is 16.6. The van der Waals surface area contributed by atoms with Gasteiger partial charge in [0.05, 0.1) is 16.7 Å². The summed E-state index contributed by atoms with van der Waals surface area (Å²) < 4.78 is 39.5. The van der Waals surface area contributed by atoms with E-state index in [4.69, 9.17) is 9.15 Å². The van der Waals surface area contributed by atoms with Crippen molar-refractivity contribution in [2.75, 3.05) is 25.5 Å². The second kappa shape index (κ2) is 8.81. The van der Waals surface area contributed by atoms with Gasteiger partial charge in [0.15, 0.2) is 0 Å². The van der Waals surface area contributed by atoms with E-state index >= 15 is 0 Å². The van der Waals surface area contributed by atoms with Crippen LogP contribution in [0.2, 0.25) is 0 Å². The molecule has 3 aromatic rings. The summed E-state index contributed by atoms with van der Waals surface area (Å²) in [6.45, 7) is 2.79. The number of nitrogens with zero attached hydrogens (tertiary/aromatic N) is 5. The van der Waals surface area contributed by atoms with Crippen LogP contribution in [0.15, 0.2) is 39.6 Å². The third-order valence-corrected chi connectivity index (χ3v) is 7.01. The first-order valence-corrected chi connectivity index (χ1v) is 11.5. The van der Waals surface area contributed by atoms with Gasteiger partial charge >= 0.3 is 6.01 Å². The number of sulfonamides is 1. The van der Waals surface area contributed by atoms with E-state index in [0.717, 1.165) is 18.5 Å². The maximum atomic E-state index is 12.8. The first-order chi connectivity index (χ1) is 15.2. The molecule has 0 saturated carbocycles. The monoisotopic (exact) mass is 460 g/mol. The molecule has 0 radical (unpaired) electrons. The Morgan fingerprint density at radius 2 is 2.03 bits per heavy atom. The molecule has 1 N–H and O–H groups in total. The lowest BCUT2D eigenvalue weighted by molar-refractivity contribution is 0.0979. The average molecular weight is 461 g/mol. The minimum atomic E-state index is -3.68. The number of benzene rings is 1. The standard InChI is InChI=1S/C20H24N6O5S/c1-13-11-17(26(3)24-13)19-22-23-20(31-19)21-18(27)14-6-8-16(9-7-14)32(28,29)25(2)12-15-5-4-10-30-15/h6-9,11,15H,4-5,10,12H2,1-3H3,(H,21,23,27). The fourth-order valence-electron chi connectivity index (χ4n) is 3.49. The van der Waals surface area contributed by atoms with Gasteiger partial charge in [0.2, 0.25) is 10.0 Å². The molecule has 1 aliphatic rings. The molecule has 1 unspecified atom stereocenters. The van der Waals surface area contributed by atoms with Crippen LogP contribution in [0.1, 0.15) is 28.9 Å². The number of aromatic nitrogens is 4. The molecule has 11 nitrogen and oxygen atoms in total. The molecule has 4 rings (SSSR count). The predicted molar refractivity (Wildman–Crippen MR) is 114 cm³/mol. The van der Waals surface area contributed by atoms with E-state index in [2.05, 4.69) is 20.6 Å². The van der Waals surface area contributed by atoms with E-state index in [-0.39, 0.29) is 28.5 Å². The number of carbonyl (C=O) groups is 1. The van der Waals surface area contributed by atoms with Gasteiger partial charge in [-0.1, -0.05) is 5.10 Å². The average Bonchev–Trinajstić information content (AvgIpc) is 3.50. The largest absolute Gasteiger partial charge is 0.401 e. The van der Waals surface area contributed by atoms with E-state index in [1.165, 1.54) is 35.6 Å². The van der Waals surface area contributed by atoms with Gasteiger partial charge in [0, 0.05) is 32.8 Å². The minimum Gasteiger partial charge on any atom is -0.401 e. The lowest BCUT2D eigenvalue weighted by Gasteiger charge is -2.20. The van der Waals surface area contributed by atoms with Crippen LogP contribution in [-0.2, 0) is 21.8 Å². The first kappa shape index (κ1) is 22.1. The first-order valence-electron chi connectivity index (χ1n) is 10.1. The van der Waals surface area contributed by atoms with E-state index in [9.17, 15) is 13.2 Å². The van der Waals surface area contributed by atoms with Crippen molar-refractivity contribution in [2.45, 2.75) is 30.8 Å².